The zero-order chi connectivity index (χ0) is 16.1. The highest BCUT2D eigenvalue weighted by Gasteiger charge is 2.48. The number of Topliss-reactive ketones (excluding diaryl/α,β-unsaturated/α-hetero) is 1. The maximum Gasteiger partial charge on any atom is 0.192 e. The largest absolute Gasteiger partial charge is 0.413 e. The van der Waals surface area contributed by atoms with E-state index in [1.807, 2.05) is 0 Å². The Labute approximate surface area is 131 Å². The Morgan fingerprint density at radius 2 is 1.81 bits per heavy atom. The summed E-state index contributed by atoms with van der Waals surface area (Å²) in [5, 5.41) is 0.229. The van der Waals surface area contributed by atoms with Crippen LogP contribution in [-0.2, 0) is 9.22 Å². The monoisotopic (exact) mass is 308 g/mol. The molecule has 0 spiro atoms. The van der Waals surface area contributed by atoms with E-state index in [4.69, 9.17) is 4.43 Å². The average Bonchev–Trinajstić information content (AvgIpc) is 2.54. The van der Waals surface area contributed by atoms with Crippen LogP contribution in [0.1, 0.15) is 60.3 Å². The van der Waals surface area contributed by atoms with Crippen LogP contribution >= 0.6 is 0 Å². The molecule has 2 rings (SSSR count). The third kappa shape index (κ3) is 3.05. The van der Waals surface area contributed by atoms with E-state index < -0.39 is 8.32 Å². The summed E-state index contributed by atoms with van der Waals surface area (Å²) in [5.41, 5.74) is -0.247. The summed E-state index contributed by atoms with van der Waals surface area (Å²) in [6.45, 7) is 15.9. The summed E-state index contributed by atoms with van der Waals surface area (Å²) in [4.78, 5) is 12.4. The molecule has 3 heteroatoms. The molecule has 0 radical (unpaired) electrons. The SMILES string of the molecule is CC(C)(C)[Si](C)(C)O[C@H]1CC[C@]2(C)C=C[C@@]1(C)CCC2=O. The van der Waals surface area contributed by atoms with Gasteiger partial charge in [-0.1, -0.05) is 39.8 Å². The van der Waals surface area contributed by atoms with Crippen molar-refractivity contribution in [3.05, 3.63) is 12.2 Å². The first-order valence-corrected chi connectivity index (χ1v) is 11.2. The van der Waals surface area contributed by atoms with Gasteiger partial charge in [0.15, 0.2) is 8.32 Å². The molecule has 0 unspecified atom stereocenters. The zero-order valence-corrected chi connectivity index (χ0v) is 15.9. The molecular weight excluding hydrogens is 276 g/mol. The van der Waals surface area contributed by atoms with Crippen molar-refractivity contribution in [3.8, 4) is 0 Å². The molecule has 2 aliphatic carbocycles. The molecule has 21 heavy (non-hydrogen) atoms. The van der Waals surface area contributed by atoms with Crippen LogP contribution in [0, 0.1) is 10.8 Å². The van der Waals surface area contributed by atoms with Crippen molar-refractivity contribution < 1.29 is 9.22 Å². The molecule has 3 atom stereocenters. The first-order valence-electron chi connectivity index (χ1n) is 8.31. The van der Waals surface area contributed by atoms with Crippen molar-refractivity contribution in [1.82, 2.24) is 0 Å². The Morgan fingerprint density at radius 3 is 2.38 bits per heavy atom. The average molecular weight is 309 g/mol. The molecule has 2 bridgehead atoms. The molecule has 0 heterocycles. The summed E-state index contributed by atoms with van der Waals surface area (Å²) in [6, 6.07) is 0. The number of hydrogen-bond donors (Lipinski definition) is 0. The predicted molar refractivity (Wildman–Crippen MR) is 90.9 cm³/mol. The van der Waals surface area contributed by atoms with Crippen LogP contribution in [0.4, 0.5) is 0 Å². The second kappa shape index (κ2) is 5.06. The van der Waals surface area contributed by atoms with Crippen molar-refractivity contribution in [3.63, 3.8) is 0 Å². The van der Waals surface area contributed by atoms with Gasteiger partial charge in [0.05, 0.1) is 6.10 Å². The van der Waals surface area contributed by atoms with E-state index in [0.717, 1.165) is 19.3 Å². The van der Waals surface area contributed by atoms with E-state index in [1.165, 1.54) is 0 Å². The van der Waals surface area contributed by atoms with Gasteiger partial charge >= 0.3 is 0 Å². The fraction of sp³-hybridized carbons (Fsp3) is 0.833. The zero-order valence-electron chi connectivity index (χ0n) is 14.9. The minimum Gasteiger partial charge on any atom is -0.413 e. The lowest BCUT2D eigenvalue weighted by Crippen LogP contribution is -2.48. The maximum atomic E-state index is 12.4. The van der Waals surface area contributed by atoms with Crippen LogP contribution in [0.2, 0.25) is 18.1 Å². The van der Waals surface area contributed by atoms with Gasteiger partial charge in [-0.25, -0.2) is 0 Å². The number of fused-ring (bicyclic) bond motifs is 2. The fourth-order valence-electron chi connectivity index (χ4n) is 3.20. The Kier molecular flexibility index (Phi) is 4.08. The summed E-state index contributed by atoms with van der Waals surface area (Å²) in [5.74, 6) is 0.410. The molecule has 0 aromatic rings. The lowest BCUT2D eigenvalue weighted by Gasteiger charge is -2.45. The van der Waals surface area contributed by atoms with Crippen LogP contribution in [-0.4, -0.2) is 20.2 Å². The van der Waals surface area contributed by atoms with Crippen LogP contribution in [0.25, 0.3) is 0 Å². The first kappa shape index (κ1) is 16.9. The number of ketones is 1. The van der Waals surface area contributed by atoms with E-state index in [0.29, 0.717) is 12.2 Å². The normalized spacial score (nSPS) is 37.5. The highest BCUT2D eigenvalue weighted by molar-refractivity contribution is 6.74. The minimum atomic E-state index is -1.78. The van der Waals surface area contributed by atoms with E-state index in [2.05, 4.69) is 59.9 Å². The molecule has 0 aliphatic heterocycles. The lowest BCUT2D eigenvalue weighted by molar-refractivity contribution is -0.127. The van der Waals surface area contributed by atoms with Gasteiger partial charge in [-0.2, -0.15) is 0 Å². The van der Waals surface area contributed by atoms with Crippen LogP contribution in [0.15, 0.2) is 12.2 Å². The summed E-state index contributed by atoms with van der Waals surface area (Å²) >= 11 is 0. The molecule has 0 aromatic carbocycles. The van der Waals surface area contributed by atoms with Crippen molar-refractivity contribution >= 4 is 14.1 Å². The van der Waals surface area contributed by atoms with E-state index in [1.54, 1.807) is 0 Å². The van der Waals surface area contributed by atoms with Gasteiger partial charge in [0.1, 0.15) is 5.78 Å². The topological polar surface area (TPSA) is 26.3 Å². The molecule has 2 nitrogen and oxygen atoms in total. The molecular formula is C18H32O2Si. The molecule has 0 saturated heterocycles. The second-order valence-electron chi connectivity index (χ2n) is 9.09. The second-order valence-corrected chi connectivity index (χ2v) is 13.8. The van der Waals surface area contributed by atoms with Crippen LogP contribution in [0.5, 0.6) is 0 Å². The third-order valence-corrected chi connectivity index (χ3v) is 10.8. The van der Waals surface area contributed by atoms with Gasteiger partial charge in [-0.3, -0.25) is 4.79 Å². The molecule has 120 valence electrons. The van der Waals surface area contributed by atoms with Crippen molar-refractivity contribution in [2.75, 3.05) is 0 Å². The van der Waals surface area contributed by atoms with Crippen molar-refractivity contribution in [1.29, 1.82) is 0 Å². The molecule has 2 aliphatic rings. The van der Waals surface area contributed by atoms with Gasteiger partial charge in [0, 0.05) is 17.3 Å². The fourth-order valence-corrected chi connectivity index (χ4v) is 4.65. The standard InChI is InChI=1S/C18H32O2Si/c1-16(2,3)21(6,7)20-15-9-11-17(4)12-13-18(15,5)10-8-14(17)19/h12-13,15H,8-11H2,1-7H3/t15-,17+,18+/m0/s1. The molecule has 0 aromatic heterocycles. The van der Waals surface area contributed by atoms with Crippen LogP contribution in [0.3, 0.4) is 0 Å². The predicted octanol–water partition coefficient (Wildman–Crippen LogP) is 5.10. The van der Waals surface area contributed by atoms with E-state index in [9.17, 15) is 4.79 Å². The van der Waals surface area contributed by atoms with Gasteiger partial charge in [0.2, 0.25) is 0 Å². The molecule has 0 N–H and O–H groups in total. The van der Waals surface area contributed by atoms with E-state index >= 15 is 0 Å². The van der Waals surface area contributed by atoms with Gasteiger partial charge in [0.25, 0.3) is 0 Å². The highest BCUT2D eigenvalue weighted by Crippen LogP contribution is 2.49. The smallest absolute Gasteiger partial charge is 0.192 e. The van der Waals surface area contributed by atoms with E-state index in [-0.39, 0.29) is 22.0 Å². The molecule has 0 fully saturated rings. The Hall–Kier alpha value is -0.413. The summed E-state index contributed by atoms with van der Waals surface area (Å²) in [6.07, 6.45) is 8.27. The Morgan fingerprint density at radius 1 is 1.19 bits per heavy atom. The van der Waals surface area contributed by atoms with Crippen LogP contribution < -0.4 is 0 Å². The number of allylic oxidation sites excluding steroid dienone is 1. The van der Waals surface area contributed by atoms with Crippen molar-refractivity contribution in [2.45, 2.75) is 84.5 Å². The third-order valence-electron chi connectivity index (χ3n) is 6.26. The number of carbonyl (C=O) groups is 1. The maximum absolute atomic E-state index is 12.4. The Bertz CT molecular complexity index is 460. The van der Waals surface area contributed by atoms with Gasteiger partial charge in [-0.15, -0.1) is 0 Å². The van der Waals surface area contributed by atoms with Gasteiger partial charge < -0.3 is 4.43 Å². The van der Waals surface area contributed by atoms with Gasteiger partial charge in [-0.05, 0) is 44.3 Å². The summed E-state index contributed by atoms with van der Waals surface area (Å²) < 4.78 is 6.77. The van der Waals surface area contributed by atoms with Crippen molar-refractivity contribution in [2.24, 2.45) is 10.8 Å². The Balaban J connectivity index is 2.28. The molecule has 0 saturated carbocycles. The minimum absolute atomic E-state index is 0.0133. The molecule has 0 amide bonds. The first-order chi connectivity index (χ1) is 9.40. The highest BCUT2D eigenvalue weighted by atomic mass is 28.4. The number of rotatable bonds is 2. The number of hydrogen-bond acceptors (Lipinski definition) is 2. The lowest BCUT2D eigenvalue weighted by atomic mass is 9.74. The number of carbonyl (C=O) groups excluding carboxylic acids is 1. The summed E-state index contributed by atoms with van der Waals surface area (Å²) in [7, 11) is -1.78. The quantitative estimate of drug-likeness (QED) is 0.524.